The van der Waals surface area contributed by atoms with Gasteiger partial charge in [0.2, 0.25) is 5.91 Å². The topological polar surface area (TPSA) is 76.0 Å². The highest BCUT2D eigenvalue weighted by Gasteiger charge is 2.36. The highest BCUT2D eigenvalue weighted by atomic mass is 35.5. The Morgan fingerprint density at radius 1 is 1.18 bits per heavy atom. The summed E-state index contributed by atoms with van der Waals surface area (Å²) in [6.07, 6.45) is 0.696. The molecule has 2 aromatic carbocycles. The molecule has 4 rings (SSSR count). The normalized spacial score (nSPS) is 15.2. The predicted molar refractivity (Wildman–Crippen MR) is 109 cm³/mol. The number of halogens is 1. The maximum absolute atomic E-state index is 12.6. The van der Waals surface area contributed by atoms with Crippen molar-refractivity contribution in [1.29, 1.82) is 0 Å². The van der Waals surface area contributed by atoms with Crippen molar-refractivity contribution in [3.63, 3.8) is 0 Å². The van der Waals surface area contributed by atoms with Crippen molar-refractivity contribution in [1.82, 2.24) is 9.78 Å². The Morgan fingerprint density at radius 2 is 1.89 bits per heavy atom. The summed E-state index contributed by atoms with van der Waals surface area (Å²) in [7, 11) is 0. The van der Waals surface area contributed by atoms with Crippen LogP contribution in [0.2, 0.25) is 5.02 Å². The number of nitrogens with one attached hydrogen (secondary N) is 2. The van der Waals surface area contributed by atoms with E-state index in [0.717, 1.165) is 23.2 Å². The number of aromatic nitrogens is 2. The Balaban J connectivity index is 1.62. The van der Waals surface area contributed by atoms with Gasteiger partial charge < -0.3 is 10.6 Å². The Morgan fingerprint density at radius 3 is 2.61 bits per heavy atom. The molecule has 1 aliphatic heterocycles. The summed E-state index contributed by atoms with van der Waals surface area (Å²) in [5.74, 6) is 0.108. The molecule has 2 N–H and O–H groups in total. The lowest BCUT2D eigenvalue weighted by molar-refractivity contribution is -0.123. The first-order chi connectivity index (χ1) is 13.6. The van der Waals surface area contributed by atoms with Crippen molar-refractivity contribution in [2.45, 2.75) is 25.8 Å². The fourth-order valence-electron chi connectivity index (χ4n) is 3.41. The summed E-state index contributed by atoms with van der Waals surface area (Å²) < 4.78 is 1.63. The summed E-state index contributed by atoms with van der Waals surface area (Å²) in [5, 5.41) is 10.7. The highest BCUT2D eigenvalue weighted by Crippen LogP contribution is 2.38. The van der Waals surface area contributed by atoms with Crippen molar-refractivity contribution >= 4 is 34.9 Å². The van der Waals surface area contributed by atoms with Crippen LogP contribution in [0.4, 0.5) is 11.5 Å². The molecule has 6 nitrogen and oxygen atoms in total. The molecule has 0 fully saturated rings. The van der Waals surface area contributed by atoms with Crippen LogP contribution in [0.3, 0.4) is 0 Å². The zero-order valence-electron chi connectivity index (χ0n) is 15.3. The molecular formula is C21H19ClN4O2. The van der Waals surface area contributed by atoms with Gasteiger partial charge >= 0.3 is 0 Å². The number of hydrogen-bond donors (Lipinski definition) is 2. The molecule has 1 unspecified atom stereocenters. The zero-order chi connectivity index (χ0) is 19.7. The maximum Gasteiger partial charge on any atom is 0.251 e. The van der Waals surface area contributed by atoms with Crippen LogP contribution < -0.4 is 10.6 Å². The molecule has 7 heteroatoms. The maximum atomic E-state index is 12.6. The number of carbonyl (C=O) groups excluding carboxylic acids is 2. The van der Waals surface area contributed by atoms with Crippen LogP contribution in [-0.4, -0.2) is 21.6 Å². The molecular weight excluding hydrogens is 376 g/mol. The van der Waals surface area contributed by atoms with Gasteiger partial charge in [0.15, 0.2) is 0 Å². The molecule has 1 atom stereocenters. The van der Waals surface area contributed by atoms with Crippen LogP contribution in [0.1, 0.15) is 25.1 Å². The summed E-state index contributed by atoms with van der Waals surface area (Å²) in [6, 6.07) is 16.1. The van der Waals surface area contributed by atoms with E-state index in [9.17, 15) is 9.59 Å². The first-order valence-corrected chi connectivity index (χ1v) is 9.48. The van der Waals surface area contributed by atoms with Gasteiger partial charge in [-0.1, -0.05) is 61.0 Å². The third-order valence-corrected chi connectivity index (χ3v) is 5.08. The largest absolute Gasteiger partial charge is 0.325 e. The fraction of sp³-hybridized carbons (Fsp3) is 0.190. The molecule has 0 saturated carbocycles. The van der Waals surface area contributed by atoms with Crippen molar-refractivity contribution < 1.29 is 9.59 Å². The Hall–Kier alpha value is -3.12. The minimum atomic E-state index is -0.694. The Bertz CT molecular complexity index is 1050. The zero-order valence-corrected chi connectivity index (χ0v) is 16.0. The fourth-order valence-corrected chi connectivity index (χ4v) is 3.59. The monoisotopic (exact) mass is 394 g/mol. The summed E-state index contributed by atoms with van der Waals surface area (Å²) >= 11 is 6.09. The predicted octanol–water partition coefficient (Wildman–Crippen LogP) is 4.29. The molecule has 1 aliphatic rings. The second kappa shape index (κ2) is 7.48. The Labute approximate surface area is 167 Å². The number of nitrogens with zero attached hydrogens (tertiary/aromatic N) is 2. The molecule has 0 radical (unpaired) electrons. The number of hydrogen-bond acceptors (Lipinski definition) is 3. The average Bonchev–Trinajstić information content (AvgIpc) is 3.20. The van der Waals surface area contributed by atoms with E-state index in [1.165, 1.54) is 0 Å². The molecule has 0 bridgehead atoms. The van der Waals surface area contributed by atoms with Crippen molar-refractivity contribution in [2.75, 3.05) is 10.6 Å². The molecule has 1 aromatic heterocycles. The summed E-state index contributed by atoms with van der Waals surface area (Å²) in [4.78, 5) is 25.1. The number of anilines is 2. The first kappa shape index (κ1) is 18.3. The van der Waals surface area contributed by atoms with E-state index in [-0.39, 0.29) is 18.2 Å². The van der Waals surface area contributed by atoms with Crippen LogP contribution in [0.5, 0.6) is 0 Å². The second-order valence-corrected chi connectivity index (χ2v) is 6.98. The van der Waals surface area contributed by atoms with Gasteiger partial charge in [0.05, 0.1) is 22.8 Å². The van der Waals surface area contributed by atoms with E-state index >= 15 is 0 Å². The molecule has 0 spiro atoms. The van der Waals surface area contributed by atoms with Gasteiger partial charge in [0.25, 0.3) is 5.91 Å². The van der Waals surface area contributed by atoms with Crippen LogP contribution in [0.25, 0.3) is 11.1 Å². The minimum absolute atomic E-state index is 0.0247. The van der Waals surface area contributed by atoms with E-state index in [0.29, 0.717) is 16.5 Å². The second-order valence-electron chi connectivity index (χ2n) is 6.57. The number of amides is 2. The first-order valence-electron chi connectivity index (χ1n) is 9.10. The van der Waals surface area contributed by atoms with E-state index < -0.39 is 6.04 Å². The summed E-state index contributed by atoms with van der Waals surface area (Å²) in [6.45, 7) is 2.02. The van der Waals surface area contributed by atoms with Crippen molar-refractivity contribution in [3.05, 3.63) is 65.3 Å². The van der Waals surface area contributed by atoms with E-state index in [1.54, 1.807) is 28.9 Å². The number of aryl methyl sites for hydroxylation is 1. The van der Waals surface area contributed by atoms with Gasteiger partial charge in [0.1, 0.15) is 11.9 Å². The van der Waals surface area contributed by atoms with E-state index in [1.807, 2.05) is 37.3 Å². The smallest absolute Gasteiger partial charge is 0.251 e. The molecule has 0 aliphatic carbocycles. The van der Waals surface area contributed by atoms with Crippen molar-refractivity contribution in [2.24, 2.45) is 0 Å². The number of benzene rings is 2. The van der Waals surface area contributed by atoms with Gasteiger partial charge in [-0.25, -0.2) is 4.68 Å². The molecule has 28 heavy (non-hydrogen) atoms. The van der Waals surface area contributed by atoms with Gasteiger partial charge in [-0.05, 0) is 24.1 Å². The van der Waals surface area contributed by atoms with Gasteiger partial charge in [-0.15, -0.1) is 0 Å². The van der Waals surface area contributed by atoms with Crippen LogP contribution >= 0.6 is 11.6 Å². The van der Waals surface area contributed by atoms with Gasteiger partial charge in [-0.2, -0.15) is 5.10 Å². The standard InChI is InChI=1S/C21H19ClN4O2/c1-2-15-19(13-8-4-3-5-9-13)20-24-21(28)17(26(20)25-15)12-18(27)23-16-11-7-6-10-14(16)22/h3-11,17H,2,12H2,1H3,(H,23,27)(H,24,28). The lowest BCUT2D eigenvalue weighted by atomic mass is 10.0. The highest BCUT2D eigenvalue weighted by molar-refractivity contribution is 6.33. The molecule has 2 heterocycles. The molecule has 0 saturated heterocycles. The van der Waals surface area contributed by atoms with Crippen molar-refractivity contribution in [3.8, 4) is 11.1 Å². The number of para-hydroxylation sites is 1. The molecule has 2 amide bonds. The third kappa shape index (κ3) is 3.27. The number of fused-ring (bicyclic) bond motifs is 1. The molecule has 142 valence electrons. The van der Waals surface area contributed by atoms with Crippen LogP contribution in [-0.2, 0) is 16.0 Å². The number of carbonyl (C=O) groups is 2. The molecule has 3 aromatic rings. The van der Waals surface area contributed by atoms with E-state index in [4.69, 9.17) is 11.6 Å². The lowest BCUT2D eigenvalue weighted by Gasteiger charge is -2.11. The van der Waals surface area contributed by atoms with Crippen LogP contribution in [0, 0.1) is 0 Å². The average molecular weight is 395 g/mol. The van der Waals surface area contributed by atoms with Gasteiger partial charge in [0, 0.05) is 5.56 Å². The van der Waals surface area contributed by atoms with Crippen LogP contribution in [0.15, 0.2) is 54.6 Å². The van der Waals surface area contributed by atoms with Gasteiger partial charge in [-0.3, -0.25) is 9.59 Å². The minimum Gasteiger partial charge on any atom is -0.325 e. The SMILES string of the molecule is CCc1nn2c(c1-c1ccccc1)NC(=O)C2CC(=O)Nc1ccccc1Cl. The lowest BCUT2D eigenvalue weighted by Crippen LogP contribution is -2.24. The Kier molecular flexibility index (Phi) is 4.88. The quantitative estimate of drug-likeness (QED) is 0.677. The third-order valence-electron chi connectivity index (χ3n) is 4.75. The summed E-state index contributed by atoms with van der Waals surface area (Å²) in [5.41, 5.74) is 3.30. The number of rotatable bonds is 5. The van der Waals surface area contributed by atoms with E-state index in [2.05, 4.69) is 15.7 Å².